The van der Waals surface area contributed by atoms with Crippen LogP contribution in [0.2, 0.25) is 0 Å². The highest BCUT2D eigenvalue weighted by Crippen LogP contribution is 2.14. The summed E-state index contributed by atoms with van der Waals surface area (Å²) in [6.07, 6.45) is 0. The molecule has 3 N–H and O–H groups in total. The SMILES string of the molecule is COCCN(CCO)c1cc(N)nc(COC)n1. The minimum Gasteiger partial charge on any atom is -0.395 e. The first-order valence-corrected chi connectivity index (χ1v) is 5.68. The van der Waals surface area contributed by atoms with E-state index in [9.17, 15) is 0 Å². The van der Waals surface area contributed by atoms with Gasteiger partial charge in [0.2, 0.25) is 0 Å². The number of methoxy groups -OCH3 is 2. The van der Waals surface area contributed by atoms with Crippen molar-refractivity contribution in [3.8, 4) is 0 Å². The van der Waals surface area contributed by atoms with Crippen molar-refractivity contribution in [1.82, 2.24) is 9.97 Å². The maximum atomic E-state index is 9.06. The lowest BCUT2D eigenvalue weighted by atomic mass is 10.4. The lowest BCUT2D eigenvalue weighted by molar-refractivity contribution is 0.178. The zero-order chi connectivity index (χ0) is 13.4. The predicted molar refractivity (Wildman–Crippen MR) is 68.3 cm³/mol. The summed E-state index contributed by atoms with van der Waals surface area (Å²) in [5, 5.41) is 9.06. The van der Waals surface area contributed by atoms with Crippen LogP contribution >= 0.6 is 0 Å². The minimum absolute atomic E-state index is 0.0350. The smallest absolute Gasteiger partial charge is 0.158 e. The molecule has 1 aromatic heterocycles. The Morgan fingerprint density at radius 3 is 2.67 bits per heavy atom. The largest absolute Gasteiger partial charge is 0.395 e. The summed E-state index contributed by atoms with van der Waals surface area (Å²) in [5.74, 6) is 1.57. The Labute approximate surface area is 107 Å². The van der Waals surface area contributed by atoms with Gasteiger partial charge in [-0.15, -0.1) is 0 Å². The number of nitrogens with two attached hydrogens (primary N) is 1. The van der Waals surface area contributed by atoms with Gasteiger partial charge in [0.1, 0.15) is 18.2 Å². The topological polar surface area (TPSA) is 93.7 Å². The Bertz CT molecular complexity index is 362. The third kappa shape index (κ3) is 4.44. The summed E-state index contributed by atoms with van der Waals surface area (Å²) >= 11 is 0. The van der Waals surface area contributed by atoms with Gasteiger partial charge in [-0.1, -0.05) is 0 Å². The van der Waals surface area contributed by atoms with Crippen LogP contribution in [0.5, 0.6) is 0 Å². The summed E-state index contributed by atoms with van der Waals surface area (Å²) in [7, 11) is 3.20. The molecule has 0 spiro atoms. The quantitative estimate of drug-likeness (QED) is 0.656. The number of nitrogens with zero attached hydrogens (tertiary/aromatic N) is 3. The van der Waals surface area contributed by atoms with Gasteiger partial charge in [0, 0.05) is 33.4 Å². The summed E-state index contributed by atoms with van der Waals surface area (Å²) in [6, 6.07) is 1.67. The van der Waals surface area contributed by atoms with E-state index < -0.39 is 0 Å². The second-order valence-corrected chi connectivity index (χ2v) is 3.70. The van der Waals surface area contributed by atoms with Crippen molar-refractivity contribution in [1.29, 1.82) is 0 Å². The highest BCUT2D eigenvalue weighted by molar-refractivity contribution is 5.47. The van der Waals surface area contributed by atoms with Crippen molar-refractivity contribution < 1.29 is 14.6 Å². The number of hydrogen-bond acceptors (Lipinski definition) is 7. The number of anilines is 2. The molecule has 0 fully saturated rings. The van der Waals surface area contributed by atoms with E-state index in [2.05, 4.69) is 9.97 Å². The van der Waals surface area contributed by atoms with Gasteiger partial charge in [0.05, 0.1) is 13.2 Å². The Morgan fingerprint density at radius 2 is 2.06 bits per heavy atom. The molecule has 0 aliphatic carbocycles. The second kappa shape index (κ2) is 7.80. The number of aliphatic hydroxyl groups excluding tert-OH is 1. The van der Waals surface area contributed by atoms with Crippen LogP contribution in [0.25, 0.3) is 0 Å². The molecule has 1 rings (SSSR count). The predicted octanol–water partition coefficient (Wildman–Crippen LogP) is -0.350. The van der Waals surface area contributed by atoms with Crippen LogP contribution in [-0.2, 0) is 16.1 Å². The van der Waals surface area contributed by atoms with Crippen molar-refractivity contribution in [2.75, 3.05) is 51.2 Å². The zero-order valence-electron chi connectivity index (χ0n) is 10.8. The molecule has 0 bridgehead atoms. The van der Waals surface area contributed by atoms with Gasteiger partial charge in [0.15, 0.2) is 5.82 Å². The van der Waals surface area contributed by atoms with E-state index in [1.165, 1.54) is 0 Å². The minimum atomic E-state index is 0.0350. The molecule has 1 aromatic rings. The second-order valence-electron chi connectivity index (χ2n) is 3.70. The third-order valence-corrected chi connectivity index (χ3v) is 2.31. The number of aliphatic hydroxyl groups is 1. The standard InChI is InChI=1S/C11H20N4O3/c1-17-6-4-15(3-5-16)11-7-9(12)13-10(14-11)8-18-2/h7,16H,3-6,8H2,1-2H3,(H2,12,13,14). The highest BCUT2D eigenvalue weighted by atomic mass is 16.5. The van der Waals surface area contributed by atoms with Gasteiger partial charge < -0.3 is 25.2 Å². The Balaban J connectivity index is 2.87. The Morgan fingerprint density at radius 1 is 1.28 bits per heavy atom. The van der Waals surface area contributed by atoms with Crippen LogP contribution in [0.15, 0.2) is 6.07 Å². The lowest BCUT2D eigenvalue weighted by Gasteiger charge is -2.22. The number of rotatable bonds is 8. The molecular weight excluding hydrogens is 236 g/mol. The van der Waals surface area contributed by atoms with Crippen molar-refractivity contribution >= 4 is 11.6 Å². The van der Waals surface area contributed by atoms with Gasteiger partial charge in [-0.2, -0.15) is 0 Å². The van der Waals surface area contributed by atoms with Crippen LogP contribution in [0.1, 0.15) is 5.82 Å². The molecule has 18 heavy (non-hydrogen) atoms. The van der Waals surface area contributed by atoms with Gasteiger partial charge in [-0.25, -0.2) is 9.97 Å². The first-order valence-electron chi connectivity index (χ1n) is 5.68. The lowest BCUT2D eigenvalue weighted by Crippen LogP contribution is -2.31. The molecule has 7 nitrogen and oxygen atoms in total. The molecule has 0 aliphatic rings. The average molecular weight is 256 g/mol. The Kier molecular flexibility index (Phi) is 6.34. The van der Waals surface area contributed by atoms with E-state index in [4.69, 9.17) is 20.3 Å². The third-order valence-electron chi connectivity index (χ3n) is 2.31. The average Bonchev–Trinajstić information content (AvgIpc) is 2.34. The normalized spacial score (nSPS) is 10.6. The fraction of sp³-hybridized carbons (Fsp3) is 0.636. The molecular formula is C11H20N4O3. The summed E-state index contributed by atoms with van der Waals surface area (Å²) < 4.78 is 10.0. The molecule has 0 amide bonds. The molecule has 0 unspecified atom stereocenters. The maximum absolute atomic E-state index is 9.06. The number of aromatic nitrogens is 2. The molecule has 0 radical (unpaired) electrons. The summed E-state index contributed by atoms with van der Waals surface area (Å²) in [5.41, 5.74) is 5.73. The number of ether oxygens (including phenoxy) is 2. The van der Waals surface area contributed by atoms with Crippen molar-refractivity contribution in [2.24, 2.45) is 0 Å². The van der Waals surface area contributed by atoms with Gasteiger partial charge >= 0.3 is 0 Å². The molecule has 0 atom stereocenters. The molecule has 1 heterocycles. The van der Waals surface area contributed by atoms with Crippen molar-refractivity contribution in [3.63, 3.8) is 0 Å². The van der Waals surface area contributed by atoms with Crippen LogP contribution in [0.4, 0.5) is 11.6 Å². The zero-order valence-corrected chi connectivity index (χ0v) is 10.8. The molecule has 102 valence electrons. The van der Waals surface area contributed by atoms with E-state index >= 15 is 0 Å². The van der Waals surface area contributed by atoms with Gasteiger partial charge in [-0.05, 0) is 0 Å². The van der Waals surface area contributed by atoms with Crippen LogP contribution in [-0.4, -0.2) is 55.6 Å². The van der Waals surface area contributed by atoms with E-state index in [0.29, 0.717) is 43.8 Å². The number of nitrogen functional groups attached to an aromatic ring is 1. The molecule has 0 aliphatic heterocycles. The summed E-state index contributed by atoms with van der Waals surface area (Å²) in [4.78, 5) is 10.3. The fourth-order valence-corrected chi connectivity index (χ4v) is 1.52. The van der Waals surface area contributed by atoms with E-state index in [1.54, 1.807) is 20.3 Å². The van der Waals surface area contributed by atoms with E-state index in [1.807, 2.05) is 4.90 Å². The van der Waals surface area contributed by atoms with Gasteiger partial charge in [0.25, 0.3) is 0 Å². The molecule has 7 heteroatoms. The van der Waals surface area contributed by atoms with Crippen LogP contribution < -0.4 is 10.6 Å². The summed E-state index contributed by atoms with van der Waals surface area (Å²) in [6.45, 7) is 1.97. The number of hydrogen-bond donors (Lipinski definition) is 2. The van der Waals surface area contributed by atoms with Crippen LogP contribution in [0, 0.1) is 0 Å². The molecule has 0 saturated heterocycles. The molecule has 0 aromatic carbocycles. The Hall–Kier alpha value is -1.44. The van der Waals surface area contributed by atoms with Crippen molar-refractivity contribution in [2.45, 2.75) is 6.61 Å². The maximum Gasteiger partial charge on any atom is 0.158 e. The fourth-order valence-electron chi connectivity index (χ4n) is 1.52. The van der Waals surface area contributed by atoms with E-state index in [-0.39, 0.29) is 6.61 Å². The highest BCUT2D eigenvalue weighted by Gasteiger charge is 2.10. The van der Waals surface area contributed by atoms with Gasteiger partial charge in [-0.3, -0.25) is 0 Å². The first kappa shape index (κ1) is 14.6. The molecule has 0 saturated carbocycles. The van der Waals surface area contributed by atoms with E-state index in [0.717, 1.165) is 0 Å². The van der Waals surface area contributed by atoms with Crippen molar-refractivity contribution in [3.05, 3.63) is 11.9 Å². The first-order chi connectivity index (χ1) is 8.71. The monoisotopic (exact) mass is 256 g/mol. The van der Waals surface area contributed by atoms with Crippen LogP contribution in [0.3, 0.4) is 0 Å².